The van der Waals surface area contributed by atoms with Gasteiger partial charge in [-0.25, -0.2) is 14.0 Å². The van der Waals surface area contributed by atoms with Gasteiger partial charge >= 0.3 is 12.1 Å². The van der Waals surface area contributed by atoms with Gasteiger partial charge in [-0.05, 0) is 66.9 Å². The molecule has 0 aliphatic carbocycles. The number of rotatable bonds is 16. The molecular weight excluding hydrogens is 576 g/mol. The molecule has 0 aliphatic rings. The minimum Gasteiger partial charge on any atom is -0.492 e. The Morgan fingerprint density at radius 2 is 1.66 bits per heavy atom. The van der Waals surface area contributed by atoms with Gasteiger partial charge in [0, 0.05) is 42.3 Å². The van der Waals surface area contributed by atoms with Crippen LogP contribution >= 0.6 is 23.2 Å². The number of aliphatic carboxylic acids is 1. The summed E-state index contributed by atoms with van der Waals surface area (Å²) in [5.41, 5.74) is 1.62. The van der Waals surface area contributed by atoms with Crippen LogP contribution in [0.25, 0.3) is 0 Å². The second-order valence-electron chi connectivity index (χ2n) is 8.97. The summed E-state index contributed by atoms with van der Waals surface area (Å²) in [5.74, 6) is -0.882. The summed E-state index contributed by atoms with van der Waals surface area (Å²) in [6.07, 6.45) is -0.829. The summed E-state index contributed by atoms with van der Waals surface area (Å²) in [6, 6.07) is 17.5. The Labute approximate surface area is 248 Å². The smallest absolute Gasteiger partial charge is 0.415 e. The Hall–Kier alpha value is -3.37. The molecule has 11 heteroatoms. The Bertz CT molecular complexity index is 1260. The van der Waals surface area contributed by atoms with Gasteiger partial charge in [0.25, 0.3) is 0 Å². The number of ether oxygens (including phenoxy) is 4. The minimum absolute atomic E-state index is 0.0947. The summed E-state index contributed by atoms with van der Waals surface area (Å²) in [6.45, 7) is 3.39. The van der Waals surface area contributed by atoms with Crippen LogP contribution in [0.3, 0.4) is 0 Å². The lowest BCUT2D eigenvalue weighted by molar-refractivity contribution is -0.149. The molecule has 1 amide bonds. The first-order chi connectivity index (χ1) is 19.7. The first-order valence-electron chi connectivity index (χ1n) is 13.0. The fourth-order valence-electron chi connectivity index (χ4n) is 3.86. The van der Waals surface area contributed by atoms with Gasteiger partial charge in [0.2, 0.25) is 0 Å². The van der Waals surface area contributed by atoms with Crippen molar-refractivity contribution < 1.29 is 38.0 Å². The van der Waals surface area contributed by atoms with Crippen molar-refractivity contribution in [2.75, 3.05) is 32.9 Å². The number of carbonyl (C=O) groups excluding carboxylic acids is 1. The zero-order chi connectivity index (χ0) is 29.6. The van der Waals surface area contributed by atoms with Crippen molar-refractivity contribution in [1.82, 2.24) is 4.90 Å². The number of nitrogens with zero attached hydrogens (tertiary/aromatic N) is 1. The third kappa shape index (κ3) is 11.6. The fraction of sp³-hybridized carbons (Fsp3) is 0.333. The lowest BCUT2D eigenvalue weighted by Crippen LogP contribution is -2.38. The maximum absolute atomic E-state index is 13.6. The van der Waals surface area contributed by atoms with E-state index in [1.807, 2.05) is 0 Å². The molecule has 3 aromatic rings. The van der Waals surface area contributed by atoms with Gasteiger partial charge < -0.3 is 29.0 Å². The quantitative estimate of drug-likeness (QED) is 0.182. The Morgan fingerprint density at radius 1 is 0.927 bits per heavy atom. The maximum Gasteiger partial charge on any atom is 0.415 e. The Kier molecular flexibility index (Phi) is 13.2. The van der Waals surface area contributed by atoms with Gasteiger partial charge in [-0.3, -0.25) is 0 Å². The van der Waals surface area contributed by atoms with Gasteiger partial charge in [0.05, 0.1) is 13.2 Å². The molecule has 0 aliphatic heterocycles. The molecule has 1 unspecified atom stereocenters. The normalized spacial score (nSPS) is 11.6. The second-order valence-corrected chi connectivity index (χ2v) is 9.85. The van der Waals surface area contributed by atoms with E-state index in [4.69, 9.17) is 42.1 Å². The molecule has 0 radical (unpaired) electrons. The molecule has 0 bridgehead atoms. The zero-order valence-electron chi connectivity index (χ0n) is 22.6. The van der Waals surface area contributed by atoms with Crippen LogP contribution in [0.1, 0.15) is 24.5 Å². The van der Waals surface area contributed by atoms with Crippen molar-refractivity contribution in [3.8, 4) is 11.5 Å². The van der Waals surface area contributed by atoms with E-state index in [1.54, 1.807) is 49.4 Å². The number of hydrogen-bond donors (Lipinski definition) is 1. The molecule has 0 fully saturated rings. The summed E-state index contributed by atoms with van der Waals surface area (Å²) >= 11 is 12.1. The maximum atomic E-state index is 13.6. The van der Waals surface area contributed by atoms with Crippen LogP contribution in [-0.4, -0.2) is 61.1 Å². The van der Waals surface area contributed by atoms with E-state index in [9.17, 15) is 19.1 Å². The van der Waals surface area contributed by atoms with Crippen molar-refractivity contribution in [3.63, 3.8) is 0 Å². The number of carboxylic acids is 1. The van der Waals surface area contributed by atoms with Gasteiger partial charge in [-0.15, -0.1) is 0 Å². The lowest BCUT2D eigenvalue weighted by atomic mass is 10.1. The molecule has 1 N–H and O–H groups in total. The van der Waals surface area contributed by atoms with E-state index < -0.39 is 24.0 Å². The molecule has 0 saturated heterocycles. The fourth-order valence-corrected chi connectivity index (χ4v) is 4.43. The van der Waals surface area contributed by atoms with Crippen molar-refractivity contribution in [1.29, 1.82) is 0 Å². The van der Waals surface area contributed by atoms with E-state index in [-0.39, 0.29) is 25.3 Å². The molecule has 0 spiro atoms. The predicted molar refractivity (Wildman–Crippen MR) is 153 cm³/mol. The molecular formula is C30H32Cl2FNO7. The molecule has 0 aromatic heterocycles. The van der Waals surface area contributed by atoms with Crippen LogP contribution in [-0.2, 0) is 27.3 Å². The summed E-state index contributed by atoms with van der Waals surface area (Å²) in [4.78, 5) is 25.7. The SMILES string of the molecule is CCOC(Cc1ccc(OCCN(CCCOCc2cc(Cl)cc(Cl)c2)C(=O)Oc2cccc(F)c2)cc1)C(=O)O. The number of carboxylic acid groups (broad SMARTS) is 1. The van der Waals surface area contributed by atoms with Crippen LogP contribution < -0.4 is 9.47 Å². The Balaban J connectivity index is 1.52. The standard InChI is InChI=1S/C30H32Cl2FNO7/c1-2-39-28(29(35)36)17-21-7-9-26(10-8-21)40-14-12-34(30(37)41-27-6-3-5-25(33)19-27)11-4-13-38-20-22-15-23(31)18-24(32)16-22/h3,5-10,15-16,18-19,28H,2,4,11-14,17,20H2,1H3,(H,35,36). The van der Waals surface area contributed by atoms with Crippen molar-refractivity contribution in [2.45, 2.75) is 32.5 Å². The molecule has 0 heterocycles. The number of carbonyl (C=O) groups is 2. The average Bonchev–Trinajstić information content (AvgIpc) is 2.92. The third-order valence-electron chi connectivity index (χ3n) is 5.78. The van der Waals surface area contributed by atoms with Gasteiger partial charge in [0.1, 0.15) is 23.9 Å². The highest BCUT2D eigenvalue weighted by Crippen LogP contribution is 2.20. The largest absolute Gasteiger partial charge is 0.492 e. The van der Waals surface area contributed by atoms with Crippen LogP contribution in [0.4, 0.5) is 9.18 Å². The second kappa shape index (κ2) is 16.8. The Morgan fingerprint density at radius 3 is 2.32 bits per heavy atom. The number of benzene rings is 3. The summed E-state index contributed by atoms with van der Waals surface area (Å²) < 4.78 is 35.7. The zero-order valence-corrected chi connectivity index (χ0v) is 24.1. The van der Waals surface area contributed by atoms with Gasteiger partial charge in [-0.1, -0.05) is 41.4 Å². The number of halogens is 3. The molecule has 1 atom stereocenters. The molecule has 220 valence electrons. The first kappa shape index (κ1) is 32.1. The van der Waals surface area contributed by atoms with Crippen molar-refractivity contribution in [3.05, 3.63) is 93.7 Å². The van der Waals surface area contributed by atoms with E-state index in [0.29, 0.717) is 48.6 Å². The summed E-state index contributed by atoms with van der Waals surface area (Å²) in [7, 11) is 0. The van der Waals surface area contributed by atoms with Gasteiger partial charge in [0.15, 0.2) is 6.10 Å². The molecule has 41 heavy (non-hydrogen) atoms. The first-order valence-corrected chi connectivity index (χ1v) is 13.8. The lowest BCUT2D eigenvalue weighted by Gasteiger charge is -2.22. The van der Waals surface area contributed by atoms with E-state index in [0.717, 1.165) is 17.2 Å². The highest BCUT2D eigenvalue weighted by molar-refractivity contribution is 6.34. The summed E-state index contributed by atoms with van der Waals surface area (Å²) in [5, 5.41) is 10.3. The topological polar surface area (TPSA) is 94.5 Å². The van der Waals surface area contributed by atoms with Gasteiger partial charge in [-0.2, -0.15) is 0 Å². The van der Waals surface area contributed by atoms with E-state index in [1.165, 1.54) is 23.1 Å². The van der Waals surface area contributed by atoms with E-state index in [2.05, 4.69) is 0 Å². The highest BCUT2D eigenvalue weighted by Gasteiger charge is 2.19. The van der Waals surface area contributed by atoms with Crippen LogP contribution in [0.5, 0.6) is 11.5 Å². The monoisotopic (exact) mass is 607 g/mol. The number of hydrogen-bond acceptors (Lipinski definition) is 6. The van der Waals surface area contributed by atoms with Crippen molar-refractivity contribution in [2.24, 2.45) is 0 Å². The predicted octanol–water partition coefficient (Wildman–Crippen LogP) is 6.65. The highest BCUT2D eigenvalue weighted by atomic mass is 35.5. The molecule has 0 saturated carbocycles. The number of amides is 1. The molecule has 8 nitrogen and oxygen atoms in total. The molecule has 3 rings (SSSR count). The molecule has 3 aromatic carbocycles. The van der Waals surface area contributed by atoms with Crippen LogP contribution in [0.2, 0.25) is 10.0 Å². The van der Waals surface area contributed by atoms with Crippen LogP contribution in [0.15, 0.2) is 66.7 Å². The average molecular weight is 608 g/mol. The van der Waals surface area contributed by atoms with Crippen LogP contribution in [0, 0.1) is 5.82 Å². The minimum atomic E-state index is -1.02. The van der Waals surface area contributed by atoms with Crippen molar-refractivity contribution >= 4 is 35.3 Å². The van der Waals surface area contributed by atoms with E-state index >= 15 is 0 Å². The third-order valence-corrected chi connectivity index (χ3v) is 6.22.